The molecule has 0 aliphatic rings. The first kappa shape index (κ1) is 11.1. The first-order chi connectivity index (χ1) is 7.46. The summed E-state index contributed by atoms with van der Waals surface area (Å²) < 4.78 is 5.72. The zero-order valence-electron chi connectivity index (χ0n) is 10.3. The molecule has 0 spiro atoms. The van der Waals surface area contributed by atoms with Crippen LogP contribution in [0.1, 0.15) is 32.2 Å². The SMILES string of the molecule is Cc1cccc2nc(CNC(C)(C)C)oc12. The van der Waals surface area contributed by atoms with Gasteiger partial charge in [-0.3, -0.25) is 0 Å². The number of aromatic nitrogens is 1. The van der Waals surface area contributed by atoms with Crippen molar-refractivity contribution in [2.45, 2.75) is 39.8 Å². The van der Waals surface area contributed by atoms with Gasteiger partial charge in [-0.05, 0) is 39.3 Å². The minimum atomic E-state index is 0.0791. The Morgan fingerprint density at radius 2 is 2.06 bits per heavy atom. The molecule has 3 nitrogen and oxygen atoms in total. The van der Waals surface area contributed by atoms with Gasteiger partial charge in [-0.15, -0.1) is 0 Å². The van der Waals surface area contributed by atoms with Gasteiger partial charge in [0.25, 0.3) is 0 Å². The van der Waals surface area contributed by atoms with Gasteiger partial charge in [-0.1, -0.05) is 12.1 Å². The van der Waals surface area contributed by atoms with Gasteiger partial charge in [0.15, 0.2) is 5.58 Å². The van der Waals surface area contributed by atoms with E-state index in [0.29, 0.717) is 6.54 Å². The molecule has 0 amide bonds. The normalized spacial score (nSPS) is 12.2. The Kier molecular flexibility index (Phi) is 2.72. The van der Waals surface area contributed by atoms with Crippen LogP contribution in [-0.2, 0) is 6.54 Å². The van der Waals surface area contributed by atoms with E-state index in [-0.39, 0.29) is 5.54 Å². The van der Waals surface area contributed by atoms with Crippen molar-refractivity contribution < 1.29 is 4.42 Å². The van der Waals surface area contributed by atoms with Gasteiger partial charge >= 0.3 is 0 Å². The Morgan fingerprint density at radius 3 is 2.69 bits per heavy atom. The number of hydrogen-bond acceptors (Lipinski definition) is 3. The third-order valence-corrected chi connectivity index (χ3v) is 2.43. The topological polar surface area (TPSA) is 38.1 Å². The Labute approximate surface area is 95.9 Å². The predicted molar refractivity (Wildman–Crippen MR) is 65.3 cm³/mol. The molecule has 0 aliphatic carbocycles. The van der Waals surface area contributed by atoms with E-state index in [2.05, 4.69) is 31.1 Å². The van der Waals surface area contributed by atoms with Crippen LogP contribution >= 0.6 is 0 Å². The van der Waals surface area contributed by atoms with E-state index >= 15 is 0 Å². The summed E-state index contributed by atoms with van der Waals surface area (Å²) in [6.07, 6.45) is 0. The number of nitrogens with zero attached hydrogens (tertiary/aromatic N) is 1. The second kappa shape index (κ2) is 3.91. The second-order valence-corrected chi connectivity index (χ2v) is 5.13. The standard InChI is InChI=1S/C13H18N2O/c1-9-6-5-7-10-12(9)16-11(15-10)8-14-13(2,3)4/h5-7,14H,8H2,1-4H3. The average Bonchev–Trinajstić information content (AvgIpc) is 2.58. The zero-order valence-corrected chi connectivity index (χ0v) is 10.3. The smallest absolute Gasteiger partial charge is 0.209 e. The highest BCUT2D eigenvalue weighted by Crippen LogP contribution is 2.19. The molecule has 1 aromatic heterocycles. The van der Waals surface area contributed by atoms with Crippen LogP contribution in [0, 0.1) is 6.92 Å². The molecule has 0 atom stereocenters. The monoisotopic (exact) mass is 218 g/mol. The van der Waals surface area contributed by atoms with Crippen LogP contribution in [0.15, 0.2) is 22.6 Å². The molecule has 2 aromatic rings. The highest BCUT2D eigenvalue weighted by molar-refractivity contribution is 5.75. The van der Waals surface area contributed by atoms with Crippen LogP contribution in [0.3, 0.4) is 0 Å². The lowest BCUT2D eigenvalue weighted by atomic mass is 10.1. The lowest BCUT2D eigenvalue weighted by Gasteiger charge is -2.18. The van der Waals surface area contributed by atoms with E-state index in [9.17, 15) is 0 Å². The van der Waals surface area contributed by atoms with Crippen LogP contribution in [0.5, 0.6) is 0 Å². The molecule has 1 aromatic carbocycles. The molecule has 0 unspecified atom stereocenters. The van der Waals surface area contributed by atoms with Gasteiger partial charge in [0.05, 0.1) is 6.54 Å². The minimum absolute atomic E-state index is 0.0791. The van der Waals surface area contributed by atoms with Gasteiger partial charge in [0.1, 0.15) is 5.52 Å². The lowest BCUT2D eigenvalue weighted by Crippen LogP contribution is -2.35. The Bertz CT molecular complexity index is 494. The molecule has 0 saturated heterocycles. The Hall–Kier alpha value is -1.35. The fourth-order valence-electron chi connectivity index (χ4n) is 1.55. The van der Waals surface area contributed by atoms with Crippen molar-refractivity contribution in [1.82, 2.24) is 10.3 Å². The largest absolute Gasteiger partial charge is 0.439 e. The molecule has 0 radical (unpaired) electrons. The van der Waals surface area contributed by atoms with Crippen molar-refractivity contribution in [2.75, 3.05) is 0 Å². The number of oxazole rings is 1. The van der Waals surface area contributed by atoms with E-state index in [1.807, 2.05) is 25.1 Å². The van der Waals surface area contributed by atoms with E-state index in [1.165, 1.54) is 0 Å². The summed E-state index contributed by atoms with van der Waals surface area (Å²) in [5, 5.41) is 3.36. The number of hydrogen-bond donors (Lipinski definition) is 1. The summed E-state index contributed by atoms with van der Waals surface area (Å²) in [5.41, 5.74) is 3.04. The van der Waals surface area contributed by atoms with Crippen molar-refractivity contribution in [3.8, 4) is 0 Å². The van der Waals surface area contributed by atoms with Crippen LogP contribution in [-0.4, -0.2) is 10.5 Å². The van der Waals surface area contributed by atoms with Crippen LogP contribution < -0.4 is 5.32 Å². The second-order valence-electron chi connectivity index (χ2n) is 5.13. The first-order valence-electron chi connectivity index (χ1n) is 5.56. The zero-order chi connectivity index (χ0) is 11.8. The lowest BCUT2D eigenvalue weighted by molar-refractivity contribution is 0.388. The fraction of sp³-hybridized carbons (Fsp3) is 0.462. The molecule has 16 heavy (non-hydrogen) atoms. The van der Waals surface area contributed by atoms with Crippen LogP contribution in [0.2, 0.25) is 0 Å². The van der Waals surface area contributed by atoms with Crippen molar-refractivity contribution in [3.05, 3.63) is 29.7 Å². The third kappa shape index (κ3) is 2.42. The number of rotatable bonds is 2. The molecule has 1 heterocycles. The average molecular weight is 218 g/mol. The molecule has 2 rings (SSSR count). The summed E-state index contributed by atoms with van der Waals surface area (Å²) in [7, 11) is 0. The maximum Gasteiger partial charge on any atom is 0.209 e. The quantitative estimate of drug-likeness (QED) is 0.842. The first-order valence-corrected chi connectivity index (χ1v) is 5.56. The molecular weight excluding hydrogens is 200 g/mol. The van der Waals surface area contributed by atoms with Gasteiger partial charge in [-0.2, -0.15) is 0 Å². The predicted octanol–water partition coefficient (Wildman–Crippen LogP) is 3.02. The van der Waals surface area contributed by atoms with E-state index in [0.717, 1.165) is 22.6 Å². The van der Waals surface area contributed by atoms with Crippen molar-refractivity contribution in [1.29, 1.82) is 0 Å². The van der Waals surface area contributed by atoms with E-state index in [4.69, 9.17) is 4.42 Å². The molecular formula is C13H18N2O. The van der Waals surface area contributed by atoms with Crippen molar-refractivity contribution in [2.24, 2.45) is 0 Å². The number of para-hydroxylation sites is 1. The molecule has 0 saturated carbocycles. The summed E-state index contributed by atoms with van der Waals surface area (Å²) >= 11 is 0. The van der Waals surface area contributed by atoms with Crippen molar-refractivity contribution >= 4 is 11.1 Å². The van der Waals surface area contributed by atoms with Crippen LogP contribution in [0.25, 0.3) is 11.1 Å². The van der Waals surface area contributed by atoms with Gasteiger partial charge in [0, 0.05) is 5.54 Å². The Balaban J connectivity index is 2.24. The summed E-state index contributed by atoms with van der Waals surface area (Å²) in [6, 6.07) is 6.02. The summed E-state index contributed by atoms with van der Waals surface area (Å²) in [5.74, 6) is 0.749. The molecule has 1 N–H and O–H groups in total. The van der Waals surface area contributed by atoms with Crippen LogP contribution in [0.4, 0.5) is 0 Å². The molecule has 0 bridgehead atoms. The number of benzene rings is 1. The van der Waals surface area contributed by atoms with Gasteiger partial charge in [0.2, 0.25) is 5.89 Å². The molecule has 3 heteroatoms. The third-order valence-electron chi connectivity index (χ3n) is 2.43. The molecule has 0 fully saturated rings. The number of aryl methyl sites for hydroxylation is 1. The maximum absolute atomic E-state index is 5.72. The highest BCUT2D eigenvalue weighted by atomic mass is 16.3. The van der Waals surface area contributed by atoms with E-state index < -0.39 is 0 Å². The minimum Gasteiger partial charge on any atom is -0.439 e. The molecule has 0 aliphatic heterocycles. The maximum atomic E-state index is 5.72. The van der Waals surface area contributed by atoms with Gasteiger partial charge in [-0.25, -0.2) is 4.98 Å². The number of fused-ring (bicyclic) bond motifs is 1. The highest BCUT2D eigenvalue weighted by Gasteiger charge is 2.12. The fourth-order valence-corrected chi connectivity index (χ4v) is 1.55. The van der Waals surface area contributed by atoms with E-state index in [1.54, 1.807) is 0 Å². The molecule has 86 valence electrons. The summed E-state index contributed by atoms with van der Waals surface area (Å²) in [4.78, 5) is 4.45. The van der Waals surface area contributed by atoms with Gasteiger partial charge < -0.3 is 9.73 Å². The number of nitrogens with one attached hydrogen (secondary N) is 1. The summed E-state index contributed by atoms with van der Waals surface area (Å²) in [6.45, 7) is 9.08. The Morgan fingerprint density at radius 1 is 1.31 bits per heavy atom. The van der Waals surface area contributed by atoms with Crippen molar-refractivity contribution in [3.63, 3.8) is 0 Å².